The smallest absolute Gasteiger partial charge is 0.253 e. The van der Waals surface area contributed by atoms with Crippen LogP contribution in [0.15, 0.2) is 54.9 Å². The summed E-state index contributed by atoms with van der Waals surface area (Å²) in [6.07, 6.45) is 5.50. The van der Waals surface area contributed by atoms with Gasteiger partial charge in [-0.2, -0.15) is 0 Å². The largest absolute Gasteiger partial charge is 0.337 e. The van der Waals surface area contributed by atoms with Gasteiger partial charge in [-0.1, -0.05) is 12.1 Å². The zero-order valence-electron chi connectivity index (χ0n) is 16.3. The maximum atomic E-state index is 13.0. The minimum absolute atomic E-state index is 0.149. The number of amides is 1. The molecule has 1 aromatic heterocycles. The number of para-hydroxylation sites is 2. The first kappa shape index (κ1) is 17.4. The molecule has 0 radical (unpaired) electrons. The van der Waals surface area contributed by atoms with Crippen molar-refractivity contribution in [3.63, 3.8) is 0 Å². The molecule has 0 spiro atoms. The van der Waals surface area contributed by atoms with Gasteiger partial charge in [-0.25, -0.2) is 4.98 Å². The van der Waals surface area contributed by atoms with Gasteiger partial charge < -0.3 is 4.90 Å². The molecule has 1 amide bonds. The first-order valence-corrected chi connectivity index (χ1v) is 10.3. The second-order valence-corrected chi connectivity index (χ2v) is 8.07. The molecule has 3 aromatic rings. The van der Waals surface area contributed by atoms with Crippen LogP contribution in [0.25, 0.3) is 16.7 Å². The molecule has 5 rings (SSSR count). The van der Waals surface area contributed by atoms with E-state index in [0.717, 1.165) is 41.8 Å². The maximum absolute atomic E-state index is 13.0. The number of carbonyl (C=O) groups is 1. The summed E-state index contributed by atoms with van der Waals surface area (Å²) >= 11 is 0. The lowest BCUT2D eigenvalue weighted by molar-refractivity contribution is 0.0774. The number of imidazole rings is 1. The molecule has 5 heteroatoms. The van der Waals surface area contributed by atoms with E-state index in [4.69, 9.17) is 0 Å². The highest BCUT2D eigenvalue weighted by Gasteiger charge is 2.34. The van der Waals surface area contributed by atoms with Gasteiger partial charge in [-0.05, 0) is 69.1 Å². The van der Waals surface area contributed by atoms with Crippen LogP contribution in [0, 0.1) is 0 Å². The first-order valence-electron chi connectivity index (χ1n) is 10.3. The Kier molecular flexibility index (Phi) is 4.40. The van der Waals surface area contributed by atoms with E-state index in [9.17, 15) is 4.79 Å². The monoisotopic (exact) mass is 374 g/mol. The molecule has 2 aliphatic heterocycles. The van der Waals surface area contributed by atoms with E-state index in [1.807, 2.05) is 53.7 Å². The zero-order chi connectivity index (χ0) is 19.1. The minimum atomic E-state index is 0.149. The minimum Gasteiger partial charge on any atom is -0.337 e. The van der Waals surface area contributed by atoms with Crippen molar-refractivity contribution in [1.82, 2.24) is 19.4 Å². The third-order valence-electron chi connectivity index (χ3n) is 6.37. The SMILES string of the molecule is C[C@H]1CCCN1[C@H]1CCN(C(=O)c2ccc(-n3cnc4ccccc43)cc2)C1. The van der Waals surface area contributed by atoms with Gasteiger partial charge >= 0.3 is 0 Å². The number of carbonyl (C=O) groups excluding carboxylic acids is 1. The lowest BCUT2D eigenvalue weighted by Gasteiger charge is -2.28. The van der Waals surface area contributed by atoms with Crippen molar-refractivity contribution in [2.24, 2.45) is 0 Å². The third-order valence-corrected chi connectivity index (χ3v) is 6.37. The van der Waals surface area contributed by atoms with Crippen LogP contribution in [0.3, 0.4) is 0 Å². The van der Waals surface area contributed by atoms with Crippen LogP contribution in [0.1, 0.15) is 36.5 Å². The quantitative estimate of drug-likeness (QED) is 0.702. The first-order chi connectivity index (χ1) is 13.7. The number of fused-ring (bicyclic) bond motifs is 1. The molecule has 5 nitrogen and oxygen atoms in total. The molecule has 144 valence electrons. The van der Waals surface area contributed by atoms with E-state index in [2.05, 4.69) is 27.4 Å². The maximum Gasteiger partial charge on any atom is 0.253 e. The molecule has 2 aromatic carbocycles. The molecular weight excluding hydrogens is 348 g/mol. The Labute approximate surface area is 165 Å². The predicted molar refractivity (Wildman–Crippen MR) is 111 cm³/mol. The highest BCUT2D eigenvalue weighted by atomic mass is 16.2. The van der Waals surface area contributed by atoms with E-state index in [-0.39, 0.29) is 5.91 Å². The highest BCUT2D eigenvalue weighted by Crippen LogP contribution is 2.26. The van der Waals surface area contributed by atoms with E-state index >= 15 is 0 Å². The summed E-state index contributed by atoms with van der Waals surface area (Å²) in [5.74, 6) is 0.149. The highest BCUT2D eigenvalue weighted by molar-refractivity contribution is 5.94. The Morgan fingerprint density at radius 1 is 1.04 bits per heavy atom. The fraction of sp³-hybridized carbons (Fsp3) is 0.391. The summed E-state index contributed by atoms with van der Waals surface area (Å²) in [5, 5.41) is 0. The molecule has 2 atom stereocenters. The van der Waals surface area contributed by atoms with Crippen LogP contribution in [-0.4, -0.2) is 57.0 Å². The van der Waals surface area contributed by atoms with Crippen LogP contribution in [-0.2, 0) is 0 Å². The molecule has 2 fully saturated rings. The van der Waals surface area contributed by atoms with Crippen molar-refractivity contribution < 1.29 is 4.79 Å². The lowest BCUT2D eigenvalue weighted by Crippen LogP contribution is -2.40. The fourth-order valence-corrected chi connectivity index (χ4v) is 4.81. The summed E-state index contributed by atoms with van der Waals surface area (Å²) in [5.41, 5.74) is 3.84. The molecule has 0 bridgehead atoms. The van der Waals surface area contributed by atoms with E-state index in [1.165, 1.54) is 19.4 Å². The van der Waals surface area contributed by atoms with Crippen LogP contribution in [0.2, 0.25) is 0 Å². The second-order valence-electron chi connectivity index (χ2n) is 8.07. The molecule has 3 heterocycles. The van der Waals surface area contributed by atoms with E-state index < -0.39 is 0 Å². The summed E-state index contributed by atoms with van der Waals surface area (Å²) in [4.78, 5) is 22.1. The van der Waals surface area contributed by atoms with Gasteiger partial charge in [0.25, 0.3) is 5.91 Å². The molecule has 28 heavy (non-hydrogen) atoms. The summed E-state index contributed by atoms with van der Waals surface area (Å²) < 4.78 is 2.06. The van der Waals surface area contributed by atoms with Gasteiger partial charge in [0.2, 0.25) is 0 Å². The third kappa shape index (κ3) is 3.00. The predicted octanol–water partition coefficient (Wildman–Crippen LogP) is 3.72. The summed E-state index contributed by atoms with van der Waals surface area (Å²) in [6, 6.07) is 17.2. The number of rotatable bonds is 3. The van der Waals surface area contributed by atoms with Crippen molar-refractivity contribution in [2.45, 2.75) is 38.3 Å². The van der Waals surface area contributed by atoms with E-state index in [0.29, 0.717) is 12.1 Å². The lowest BCUT2D eigenvalue weighted by atomic mass is 10.1. The average Bonchev–Trinajstić information content (AvgIpc) is 3.46. The number of likely N-dealkylation sites (tertiary alicyclic amines) is 2. The number of hydrogen-bond donors (Lipinski definition) is 0. The van der Waals surface area contributed by atoms with Crippen molar-refractivity contribution >= 4 is 16.9 Å². The molecule has 0 saturated carbocycles. The molecule has 0 aliphatic carbocycles. The van der Waals surface area contributed by atoms with Crippen molar-refractivity contribution in [3.8, 4) is 5.69 Å². The van der Waals surface area contributed by atoms with Crippen LogP contribution in [0.4, 0.5) is 0 Å². The van der Waals surface area contributed by atoms with Gasteiger partial charge in [0.05, 0.1) is 11.0 Å². The van der Waals surface area contributed by atoms with Gasteiger partial charge in [0.15, 0.2) is 0 Å². The number of aromatic nitrogens is 2. The Bertz CT molecular complexity index is 993. The van der Waals surface area contributed by atoms with Crippen molar-refractivity contribution in [2.75, 3.05) is 19.6 Å². The van der Waals surface area contributed by atoms with Crippen molar-refractivity contribution in [3.05, 3.63) is 60.4 Å². The average molecular weight is 374 g/mol. The van der Waals surface area contributed by atoms with Gasteiger partial charge in [-0.15, -0.1) is 0 Å². The van der Waals surface area contributed by atoms with Crippen LogP contribution in [0.5, 0.6) is 0 Å². The topological polar surface area (TPSA) is 41.4 Å². The van der Waals surface area contributed by atoms with E-state index in [1.54, 1.807) is 0 Å². The molecule has 2 aliphatic rings. The Balaban J connectivity index is 1.31. The fourth-order valence-electron chi connectivity index (χ4n) is 4.81. The Morgan fingerprint density at radius 2 is 1.86 bits per heavy atom. The number of hydrogen-bond acceptors (Lipinski definition) is 3. The summed E-state index contributed by atoms with van der Waals surface area (Å²) in [7, 11) is 0. The Morgan fingerprint density at radius 3 is 2.64 bits per heavy atom. The molecule has 2 saturated heterocycles. The van der Waals surface area contributed by atoms with Gasteiger partial charge in [0.1, 0.15) is 6.33 Å². The van der Waals surface area contributed by atoms with Crippen LogP contribution < -0.4 is 0 Å². The molecule has 0 N–H and O–H groups in total. The summed E-state index contributed by atoms with van der Waals surface area (Å²) in [6.45, 7) is 5.22. The molecule has 0 unspecified atom stereocenters. The Hall–Kier alpha value is -2.66. The van der Waals surface area contributed by atoms with Gasteiger partial charge in [-0.3, -0.25) is 14.3 Å². The zero-order valence-corrected chi connectivity index (χ0v) is 16.3. The number of benzene rings is 2. The number of nitrogens with zero attached hydrogens (tertiary/aromatic N) is 4. The van der Waals surface area contributed by atoms with Gasteiger partial charge in [0, 0.05) is 36.4 Å². The van der Waals surface area contributed by atoms with Crippen LogP contribution >= 0.6 is 0 Å². The standard InChI is InChI=1S/C23H26N4O/c1-17-5-4-13-26(17)20-12-14-25(15-20)23(28)18-8-10-19(11-9-18)27-16-24-21-6-2-3-7-22(21)27/h2-3,6-11,16-17,20H,4-5,12-15H2,1H3/t17-,20-/m0/s1. The second kappa shape index (κ2) is 7.06. The molecular formula is C23H26N4O. The van der Waals surface area contributed by atoms with Crippen molar-refractivity contribution in [1.29, 1.82) is 0 Å². The normalized spacial score (nSPS) is 23.0.